The van der Waals surface area contributed by atoms with E-state index in [1.54, 1.807) is 46.8 Å². The van der Waals surface area contributed by atoms with Gasteiger partial charge in [0.2, 0.25) is 5.78 Å². The number of fused-ring (bicyclic) bond motifs is 1. The first-order chi connectivity index (χ1) is 15.4. The molecule has 0 aliphatic heterocycles. The zero-order valence-corrected chi connectivity index (χ0v) is 19.6. The van der Waals surface area contributed by atoms with E-state index < -0.39 is 35.2 Å². The second-order valence-electron chi connectivity index (χ2n) is 9.50. The predicted octanol–water partition coefficient (Wildman–Crippen LogP) is 4.60. The third-order valence-electron chi connectivity index (χ3n) is 5.33. The van der Waals surface area contributed by atoms with Gasteiger partial charge in [0.25, 0.3) is 5.91 Å². The number of hydrogen-bond acceptors (Lipinski definition) is 5. The van der Waals surface area contributed by atoms with Crippen molar-refractivity contribution in [2.24, 2.45) is 0 Å². The van der Waals surface area contributed by atoms with Gasteiger partial charge in [-0.15, -0.1) is 0 Å². The minimum absolute atomic E-state index is 0.328. The van der Waals surface area contributed by atoms with Crippen LogP contribution in [-0.2, 0) is 19.7 Å². The summed E-state index contributed by atoms with van der Waals surface area (Å²) in [5.41, 5.74) is 0.849. The van der Waals surface area contributed by atoms with Crippen LogP contribution in [0.15, 0.2) is 59.9 Å². The molecule has 0 atom stereocenters. The van der Waals surface area contributed by atoms with Crippen LogP contribution in [0.5, 0.6) is 0 Å². The lowest BCUT2D eigenvalue weighted by Crippen LogP contribution is -2.40. The summed E-state index contributed by atoms with van der Waals surface area (Å²) >= 11 is 0. The number of nitrogens with one attached hydrogen (secondary N) is 1. The fourth-order valence-corrected chi connectivity index (χ4v) is 3.65. The van der Waals surface area contributed by atoms with Gasteiger partial charge in [-0.1, -0.05) is 60.7 Å². The second-order valence-corrected chi connectivity index (χ2v) is 9.50. The fourth-order valence-electron chi connectivity index (χ4n) is 3.65. The number of ether oxygens (including phenoxy) is 1. The topological polar surface area (TPSA) is 92.7 Å². The number of aliphatic hydroxyl groups is 1. The summed E-state index contributed by atoms with van der Waals surface area (Å²) in [6.07, 6.45) is 3.89. The molecule has 6 nitrogen and oxygen atoms in total. The number of amides is 1. The van der Waals surface area contributed by atoms with Crippen LogP contribution in [0.1, 0.15) is 61.7 Å². The zero-order chi connectivity index (χ0) is 24.4. The van der Waals surface area contributed by atoms with E-state index in [2.05, 4.69) is 5.32 Å². The molecule has 33 heavy (non-hydrogen) atoms. The second kappa shape index (κ2) is 9.06. The number of aliphatic hydroxyl groups excluding tert-OH is 1. The standard InChI is InChI=1S/C27H29NO5/c1-26(2,3)33-21(29)16-28-25(32)22-23(30)19-14-13-18(12-11-17-9-7-6-8-10-17)15-20(19)27(4,5)24(22)31/h6-15,31H,16H2,1-5H3,(H,28,32). The summed E-state index contributed by atoms with van der Waals surface area (Å²) in [6, 6.07) is 15.1. The molecular weight excluding hydrogens is 418 g/mol. The maximum Gasteiger partial charge on any atom is 0.325 e. The highest BCUT2D eigenvalue weighted by Crippen LogP contribution is 2.40. The van der Waals surface area contributed by atoms with Crippen molar-refractivity contribution < 1.29 is 24.2 Å². The lowest BCUT2D eigenvalue weighted by atomic mass is 9.71. The van der Waals surface area contributed by atoms with Crippen molar-refractivity contribution in [3.8, 4) is 0 Å². The van der Waals surface area contributed by atoms with Crippen molar-refractivity contribution in [3.63, 3.8) is 0 Å². The number of rotatable bonds is 5. The third-order valence-corrected chi connectivity index (χ3v) is 5.33. The van der Waals surface area contributed by atoms with E-state index in [0.717, 1.165) is 11.1 Å². The summed E-state index contributed by atoms with van der Waals surface area (Å²) in [7, 11) is 0. The molecule has 6 heteroatoms. The quantitative estimate of drug-likeness (QED) is 0.397. The molecule has 172 valence electrons. The van der Waals surface area contributed by atoms with Gasteiger partial charge in [-0.2, -0.15) is 0 Å². The van der Waals surface area contributed by atoms with Gasteiger partial charge in [0.1, 0.15) is 23.5 Å². The minimum atomic E-state index is -0.974. The number of carbonyl (C=O) groups is 3. The highest BCUT2D eigenvalue weighted by molar-refractivity contribution is 6.27. The average Bonchev–Trinajstić information content (AvgIpc) is 2.75. The van der Waals surface area contributed by atoms with Crippen LogP contribution >= 0.6 is 0 Å². The summed E-state index contributed by atoms with van der Waals surface area (Å²) < 4.78 is 5.17. The minimum Gasteiger partial charge on any atom is -0.510 e. The first kappa shape index (κ1) is 24.0. The molecule has 0 bridgehead atoms. The monoisotopic (exact) mass is 447 g/mol. The lowest BCUT2D eigenvalue weighted by molar-refractivity contribution is -0.154. The number of esters is 1. The number of ketones is 1. The van der Waals surface area contributed by atoms with E-state index in [-0.39, 0.29) is 11.3 Å². The molecule has 0 unspecified atom stereocenters. The van der Waals surface area contributed by atoms with Crippen molar-refractivity contribution in [2.45, 2.75) is 45.6 Å². The summed E-state index contributed by atoms with van der Waals surface area (Å²) in [5, 5.41) is 13.3. The van der Waals surface area contributed by atoms with Crippen molar-refractivity contribution in [1.82, 2.24) is 5.32 Å². The molecule has 2 aromatic rings. The van der Waals surface area contributed by atoms with Crippen LogP contribution in [0.3, 0.4) is 0 Å². The Morgan fingerprint density at radius 1 is 1.03 bits per heavy atom. The van der Waals surface area contributed by atoms with Crippen LogP contribution in [0.2, 0.25) is 0 Å². The van der Waals surface area contributed by atoms with Crippen LogP contribution in [0.4, 0.5) is 0 Å². The van der Waals surface area contributed by atoms with Crippen molar-refractivity contribution in [3.05, 3.63) is 82.1 Å². The highest BCUT2D eigenvalue weighted by Gasteiger charge is 2.42. The van der Waals surface area contributed by atoms with Crippen LogP contribution in [0.25, 0.3) is 12.2 Å². The maximum absolute atomic E-state index is 13.1. The Labute approximate surface area is 194 Å². The van der Waals surface area contributed by atoms with Crippen molar-refractivity contribution in [1.29, 1.82) is 0 Å². The Kier molecular flexibility index (Phi) is 6.58. The summed E-state index contributed by atoms with van der Waals surface area (Å²) in [5.74, 6) is -2.35. The molecule has 0 saturated heterocycles. The summed E-state index contributed by atoms with van der Waals surface area (Å²) in [6.45, 7) is 8.24. The van der Waals surface area contributed by atoms with Gasteiger partial charge in [0.05, 0.1) is 0 Å². The Balaban J connectivity index is 1.86. The van der Waals surface area contributed by atoms with Crippen LogP contribution < -0.4 is 5.32 Å². The molecule has 0 spiro atoms. The Hall–Kier alpha value is -3.67. The number of allylic oxidation sites excluding steroid dienone is 1. The Bertz CT molecular complexity index is 1150. The molecule has 0 fully saturated rings. The van der Waals surface area contributed by atoms with Crippen LogP contribution in [0, 0.1) is 0 Å². The van der Waals surface area contributed by atoms with Gasteiger partial charge < -0.3 is 15.2 Å². The van der Waals surface area contributed by atoms with Gasteiger partial charge >= 0.3 is 5.97 Å². The molecule has 0 saturated carbocycles. The van der Waals surface area contributed by atoms with Crippen molar-refractivity contribution >= 4 is 29.8 Å². The maximum atomic E-state index is 13.1. The fraction of sp³-hybridized carbons (Fsp3) is 0.296. The van der Waals surface area contributed by atoms with Gasteiger partial charge in [-0.3, -0.25) is 14.4 Å². The predicted molar refractivity (Wildman–Crippen MR) is 128 cm³/mol. The first-order valence-corrected chi connectivity index (χ1v) is 10.8. The Morgan fingerprint density at radius 3 is 2.30 bits per heavy atom. The van der Waals surface area contributed by atoms with E-state index in [0.29, 0.717) is 11.1 Å². The molecular formula is C27H29NO5. The number of hydrogen-bond donors (Lipinski definition) is 2. The molecule has 2 aromatic carbocycles. The molecule has 0 aromatic heterocycles. The highest BCUT2D eigenvalue weighted by atomic mass is 16.6. The number of carbonyl (C=O) groups excluding carboxylic acids is 3. The molecule has 0 heterocycles. The van der Waals surface area contributed by atoms with E-state index in [9.17, 15) is 19.5 Å². The lowest BCUT2D eigenvalue weighted by Gasteiger charge is -2.32. The van der Waals surface area contributed by atoms with E-state index in [1.807, 2.05) is 48.6 Å². The SMILES string of the molecule is CC(C)(C)OC(=O)CNC(=O)C1=C(O)C(C)(C)c2cc(C=Cc3ccccc3)ccc2C1=O. The Morgan fingerprint density at radius 2 is 1.67 bits per heavy atom. The van der Waals surface area contributed by atoms with E-state index >= 15 is 0 Å². The number of benzene rings is 2. The smallest absolute Gasteiger partial charge is 0.325 e. The van der Waals surface area contributed by atoms with E-state index in [4.69, 9.17) is 4.74 Å². The first-order valence-electron chi connectivity index (χ1n) is 10.8. The number of Topliss-reactive ketones (excluding diaryl/α,β-unsaturated/α-hetero) is 1. The van der Waals surface area contributed by atoms with Crippen molar-refractivity contribution in [2.75, 3.05) is 6.54 Å². The molecule has 1 amide bonds. The van der Waals surface area contributed by atoms with Gasteiger partial charge in [-0.05, 0) is 51.3 Å². The summed E-state index contributed by atoms with van der Waals surface area (Å²) in [4.78, 5) is 37.8. The average molecular weight is 448 g/mol. The molecule has 2 N–H and O–H groups in total. The van der Waals surface area contributed by atoms with Crippen LogP contribution in [-0.4, -0.2) is 34.9 Å². The van der Waals surface area contributed by atoms with Gasteiger partial charge in [0, 0.05) is 11.0 Å². The zero-order valence-electron chi connectivity index (χ0n) is 19.6. The largest absolute Gasteiger partial charge is 0.510 e. The van der Waals surface area contributed by atoms with Gasteiger partial charge in [-0.25, -0.2) is 0 Å². The normalized spacial score (nSPS) is 15.4. The van der Waals surface area contributed by atoms with Gasteiger partial charge in [0.15, 0.2) is 0 Å². The molecule has 1 aliphatic carbocycles. The molecule has 3 rings (SSSR count). The third kappa shape index (κ3) is 5.40. The van der Waals surface area contributed by atoms with E-state index in [1.165, 1.54) is 0 Å². The molecule has 0 radical (unpaired) electrons. The molecule has 1 aliphatic rings.